The van der Waals surface area contributed by atoms with Crippen LogP contribution >= 0.6 is 0 Å². The lowest BCUT2D eigenvalue weighted by molar-refractivity contribution is 0.0818. The van der Waals surface area contributed by atoms with Crippen molar-refractivity contribution < 1.29 is 9.53 Å². The molecule has 0 atom stereocenters. The summed E-state index contributed by atoms with van der Waals surface area (Å²) in [5.41, 5.74) is 3.84. The summed E-state index contributed by atoms with van der Waals surface area (Å²) in [7, 11) is 0. The van der Waals surface area contributed by atoms with Gasteiger partial charge < -0.3 is 4.74 Å². The number of para-hydroxylation sites is 1. The van der Waals surface area contributed by atoms with Gasteiger partial charge in [0.1, 0.15) is 5.75 Å². The molecule has 2 aromatic rings. The summed E-state index contributed by atoms with van der Waals surface area (Å²) in [5, 5.41) is 4.32. The quantitative estimate of drug-likeness (QED) is 0.791. The van der Waals surface area contributed by atoms with Crippen molar-refractivity contribution in [3.63, 3.8) is 0 Å². The lowest BCUT2D eigenvalue weighted by atomic mass is 10.1. The number of carbonyl (C=O) groups is 1. The maximum atomic E-state index is 12.2. The standard InChI is InChI=1S/C17H20N2O2/c1-12(2)10-16-13(3)18-19(14(16)4)17(20)11-21-15-8-6-5-7-9-15/h5-9H,1,10-11H2,2-4H3. The summed E-state index contributed by atoms with van der Waals surface area (Å²) in [6.07, 6.45) is 0.741. The molecule has 0 aliphatic rings. The second-order valence-corrected chi connectivity index (χ2v) is 5.19. The average Bonchev–Trinajstić information content (AvgIpc) is 2.73. The van der Waals surface area contributed by atoms with Gasteiger partial charge in [-0.25, -0.2) is 4.68 Å². The minimum Gasteiger partial charge on any atom is -0.484 e. The molecular weight excluding hydrogens is 264 g/mol. The molecule has 110 valence electrons. The van der Waals surface area contributed by atoms with Crippen molar-refractivity contribution in [1.29, 1.82) is 0 Å². The van der Waals surface area contributed by atoms with Crippen LogP contribution in [0.5, 0.6) is 5.75 Å². The second kappa shape index (κ2) is 6.39. The average molecular weight is 284 g/mol. The van der Waals surface area contributed by atoms with Crippen molar-refractivity contribution in [3.8, 4) is 5.75 Å². The molecule has 0 saturated carbocycles. The molecule has 0 radical (unpaired) electrons. The highest BCUT2D eigenvalue weighted by Crippen LogP contribution is 2.17. The molecule has 0 N–H and O–H groups in total. The van der Waals surface area contributed by atoms with Crippen LogP contribution < -0.4 is 4.74 Å². The molecule has 0 fully saturated rings. The van der Waals surface area contributed by atoms with Crippen molar-refractivity contribution in [2.24, 2.45) is 0 Å². The molecule has 0 aliphatic carbocycles. The first-order valence-corrected chi connectivity index (χ1v) is 6.89. The summed E-state index contributed by atoms with van der Waals surface area (Å²) in [6.45, 7) is 9.67. The molecule has 1 aromatic carbocycles. The van der Waals surface area contributed by atoms with Crippen molar-refractivity contribution in [2.45, 2.75) is 27.2 Å². The van der Waals surface area contributed by atoms with E-state index in [-0.39, 0.29) is 12.5 Å². The topological polar surface area (TPSA) is 44.1 Å². The van der Waals surface area contributed by atoms with E-state index < -0.39 is 0 Å². The Labute approximate surface area is 125 Å². The van der Waals surface area contributed by atoms with Crippen LogP contribution in [-0.2, 0) is 6.42 Å². The molecule has 1 aromatic heterocycles. The third-order valence-electron chi connectivity index (χ3n) is 3.26. The Bertz CT molecular complexity index is 657. The zero-order valence-corrected chi connectivity index (χ0v) is 12.7. The normalized spacial score (nSPS) is 10.4. The number of aryl methyl sites for hydroxylation is 1. The first-order valence-electron chi connectivity index (χ1n) is 6.89. The second-order valence-electron chi connectivity index (χ2n) is 5.19. The zero-order chi connectivity index (χ0) is 15.4. The van der Waals surface area contributed by atoms with E-state index in [0.717, 1.165) is 28.9 Å². The number of aromatic nitrogens is 2. The summed E-state index contributed by atoms with van der Waals surface area (Å²) in [6, 6.07) is 9.28. The number of rotatable bonds is 5. The molecule has 0 unspecified atom stereocenters. The first kappa shape index (κ1) is 15.0. The number of benzene rings is 1. The fourth-order valence-corrected chi connectivity index (χ4v) is 2.20. The SMILES string of the molecule is C=C(C)Cc1c(C)nn(C(=O)COc2ccccc2)c1C. The Morgan fingerprint density at radius 1 is 1.29 bits per heavy atom. The molecule has 0 amide bonds. The van der Waals surface area contributed by atoms with Gasteiger partial charge in [0.25, 0.3) is 5.91 Å². The van der Waals surface area contributed by atoms with Gasteiger partial charge in [0.05, 0.1) is 5.69 Å². The molecule has 4 heteroatoms. The summed E-state index contributed by atoms with van der Waals surface area (Å²) >= 11 is 0. The van der Waals surface area contributed by atoms with Crippen LogP contribution in [-0.4, -0.2) is 22.3 Å². The maximum Gasteiger partial charge on any atom is 0.284 e. The van der Waals surface area contributed by atoms with Gasteiger partial charge in [-0.2, -0.15) is 5.10 Å². The number of carbonyl (C=O) groups excluding carboxylic acids is 1. The number of ether oxygens (including phenoxy) is 1. The van der Waals surface area contributed by atoms with E-state index in [9.17, 15) is 4.79 Å². The highest BCUT2D eigenvalue weighted by atomic mass is 16.5. The van der Waals surface area contributed by atoms with Gasteiger partial charge in [0, 0.05) is 11.3 Å². The lowest BCUT2D eigenvalue weighted by Crippen LogP contribution is -2.21. The van der Waals surface area contributed by atoms with Crippen molar-refractivity contribution in [3.05, 3.63) is 59.4 Å². The van der Waals surface area contributed by atoms with Gasteiger partial charge in [-0.3, -0.25) is 4.79 Å². The molecule has 0 saturated heterocycles. The Morgan fingerprint density at radius 2 is 1.95 bits per heavy atom. The van der Waals surface area contributed by atoms with E-state index in [1.807, 2.05) is 51.1 Å². The smallest absolute Gasteiger partial charge is 0.284 e. The van der Waals surface area contributed by atoms with Gasteiger partial charge in [-0.05, 0) is 39.3 Å². The van der Waals surface area contributed by atoms with Crippen molar-refractivity contribution in [2.75, 3.05) is 6.61 Å². The largest absolute Gasteiger partial charge is 0.484 e. The van der Waals surface area contributed by atoms with E-state index in [2.05, 4.69) is 11.7 Å². The predicted octanol–water partition coefficient (Wildman–Crippen LogP) is 3.34. The molecule has 0 aliphatic heterocycles. The highest BCUT2D eigenvalue weighted by molar-refractivity contribution is 5.80. The summed E-state index contributed by atoms with van der Waals surface area (Å²) < 4.78 is 6.91. The van der Waals surface area contributed by atoms with Crippen LogP contribution in [0, 0.1) is 13.8 Å². The van der Waals surface area contributed by atoms with Crippen LogP contribution in [0.1, 0.15) is 28.7 Å². The molecule has 0 bridgehead atoms. The van der Waals surface area contributed by atoms with Crippen LogP contribution in [0.25, 0.3) is 0 Å². The number of hydrogen-bond donors (Lipinski definition) is 0. The molecular formula is C17H20N2O2. The van der Waals surface area contributed by atoms with Crippen molar-refractivity contribution in [1.82, 2.24) is 9.78 Å². The molecule has 4 nitrogen and oxygen atoms in total. The number of nitrogens with zero attached hydrogens (tertiary/aromatic N) is 2. The van der Waals surface area contributed by atoms with E-state index >= 15 is 0 Å². The third kappa shape index (κ3) is 3.60. The van der Waals surface area contributed by atoms with E-state index in [0.29, 0.717) is 5.75 Å². The molecule has 1 heterocycles. The van der Waals surface area contributed by atoms with Crippen molar-refractivity contribution >= 4 is 5.91 Å². The van der Waals surface area contributed by atoms with Gasteiger partial charge in [0.15, 0.2) is 6.61 Å². The first-order chi connectivity index (χ1) is 9.99. The Balaban J connectivity index is 2.11. The lowest BCUT2D eigenvalue weighted by Gasteiger charge is -2.07. The predicted molar refractivity (Wildman–Crippen MR) is 82.8 cm³/mol. The number of hydrogen-bond acceptors (Lipinski definition) is 3. The van der Waals surface area contributed by atoms with Gasteiger partial charge in [-0.1, -0.05) is 30.4 Å². The van der Waals surface area contributed by atoms with Crippen LogP contribution in [0.3, 0.4) is 0 Å². The zero-order valence-electron chi connectivity index (χ0n) is 12.7. The minimum atomic E-state index is -0.174. The fourth-order valence-electron chi connectivity index (χ4n) is 2.20. The van der Waals surface area contributed by atoms with Crippen LogP contribution in [0.2, 0.25) is 0 Å². The molecule has 21 heavy (non-hydrogen) atoms. The van der Waals surface area contributed by atoms with E-state index in [1.165, 1.54) is 4.68 Å². The maximum absolute atomic E-state index is 12.2. The summed E-state index contributed by atoms with van der Waals surface area (Å²) in [4.78, 5) is 12.2. The third-order valence-corrected chi connectivity index (χ3v) is 3.26. The van der Waals surface area contributed by atoms with Gasteiger partial charge >= 0.3 is 0 Å². The molecule has 0 spiro atoms. The monoisotopic (exact) mass is 284 g/mol. The van der Waals surface area contributed by atoms with Crippen LogP contribution in [0.4, 0.5) is 0 Å². The number of allylic oxidation sites excluding steroid dienone is 1. The summed E-state index contributed by atoms with van der Waals surface area (Å²) in [5.74, 6) is 0.502. The van der Waals surface area contributed by atoms with Gasteiger partial charge in [-0.15, -0.1) is 0 Å². The molecule has 2 rings (SSSR count). The van der Waals surface area contributed by atoms with Gasteiger partial charge in [0.2, 0.25) is 0 Å². The highest BCUT2D eigenvalue weighted by Gasteiger charge is 2.16. The fraction of sp³-hybridized carbons (Fsp3) is 0.294. The Morgan fingerprint density at radius 3 is 2.57 bits per heavy atom. The van der Waals surface area contributed by atoms with E-state index in [1.54, 1.807) is 0 Å². The Hall–Kier alpha value is -2.36. The minimum absolute atomic E-state index is 0.0293. The van der Waals surface area contributed by atoms with E-state index in [4.69, 9.17) is 4.74 Å². The Kier molecular flexibility index (Phi) is 4.58. The van der Waals surface area contributed by atoms with Crippen LogP contribution in [0.15, 0.2) is 42.5 Å².